The van der Waals surface area contributed by atoms with Gasteiger partial charge in [0.2, 0.25) is 11.7 Å². The third kappa shape index (κ3) is 4.75. The van der Waals surface area contributed by atoms with Crippen LogP contribution in [0.25, 0.3) is 5.69 Å². The van der Waals surface area contributed by atoms with Gasteiger partial charge in [0, 0.05) is 22.6 Å². The molecular formula is C19H10F9MnN3O2. The molecule has 0 fully saturated rings. The first-order chi connectivity index (χ1) is 15.0. The monoisotopic (exact) mass is 538 g/mol. The molecule has 34 heavy (non-hydrogen) atoms. The molecule has 0 unspecified atom stereocenters. The van der Waals surface area contributed by atoms with Crippen LogP contribution in [-0.2, 0) is 29.4 Å². The van der Waals surface area contributed by atoms with E-state index in [-0.39, 0.29) is 27.3 Å². The van der Waals surface area contributed by atoms with E-state index in [1.165, 1.54) is 6.92 Å². The van der Waals surface area contributed by atoms with E-state index in [9.17, 15) is 49.4 Å². The number of alkyl halides is 6. The van der Waals surface area contributed by atoms with Crippen LogP contribution in [0.5, 0.6) is 5.88 Å². The molecule has 1 N–H and O–H groups in total. The third-order valence-corrected chi connectivity index (χ3v) is 4.43. The Balaban J connectivity index is 0.00000408. The molecule has 0 aliphatic heterocycles. The van der Waals surface area contributed by atoms with Crippen molar-refractivity contribution < 1.29 is 66.5 Å². The maximum Gasteiger partial charge on any atom is 0.436 e. The van der Waals surface area contributed by atoms with Crippen LogP contribution in [0.1, 0.15) is 38.4 Å². The van der Waals surface area contributed by atoms with E-state index in [1.807, 2.05) is 0 Å². The van der Waals surface area contributed by atoms with E-state index in [1.54, 1.807) is 0 Å². The Hall–Kier alpha value is -3.06. The van der Waals surface area contributed by atoms with Crippen molar-refractivity contribution in [3.8, 4) is 11.6 Å². The average Bonchev–Trinajstić information content (AvgIpc) is 2.96. The molecule has 0 aliphatic rings. The second-order valence-electron chi connectivity index (χ2n) is 6.84. The van der Waals surface area contributed by atoms with Crippen molar-refractivity contribution in [2.45, 2.75) is 26.2 Å². The SMILES string of the molecule is Cc1cc(C(=O)c2c(C)nn(-c3c(F)c(F)nc(C(F)(F)F)c3F)c2O)cc(C(F)(F)F)c1.[Mn]. The van der Waals surface area contributed by atoms with Gasteiger partial charge in [0.1, 0.15) is 11.3 Å². The molecule has 0 bridgehead atoms. The van der Waals surface area contributed by atoms with Crippen LogP contribution in [0.2, 0.25) is 0 Å². The molecule has 2 aromatic heterocycles. The van der Waals surface area contributed by atoms with Crippen molar-refractivity contribution in [2.75, 3.05) is 0 Å². The van der Waals surface area contributed by atoms with Crippen molar-refractivity contribution >= 4 is 5.78 Å². The van der Waals surface area contributed by atoms with Crippen LogP contribution in [0.4, 0.5) is 39.5 Å². The van der Waals surface area contributed by atoms with E-state index in [4.69, 9.17) is 0 Å². The normalized spacial score (nSPS) is 12.0. The molecule has 3 rings (SSSR count). The molecule has 0 aliphatic carbocycles. The number of hydrogen-bond acceptors (Lipinski definition) is 4. The Bertz CT molecular complexity index is 1280. The van der Waals surface area contributed by atoms with Crippen LogP contribution in [-0.4, -0.2) is 25.7 Å². The maximum absolute atomic E-state index is 14.4. The second-order valence-corrected chi connectivity index (χ2v) is 6.84. The molecule has 183 valence electrons. The average molecular weight is 538 g/mol. The summed E-state index contributed by atoms with van der Waals surface area (Å²) in [5.74, 6) is -9.77. The van der Waals surface area contributed by atoms with E-state index < -0.39 is 75.4 Å². The number of halogens is 9. The summed E-state index contributed by atoms with van der Waals surface area (Å²) in [7, 11) is 0. The standard InChI is InChI=1S/C19H10F9N3O2.Mn/c1-6-3-8(5-9(4-6)18(23,24)25)14(32)10-7(2)30-31(17(10)33)13-11(20)15(19(26,27)28)29-16(22)12(13)21;/h3-5,33H,1-2H3;. The zero-order chi connectivity index (χ0) is 25.0. The van der Waals surface area contributed by atoms with Crippen molar-refractivity contribution in [2.24, 2.45) is 0 Å². The molecule has 2 heterocycles. The van der Waals surface area contributed by atoms with E-state index in [2.05, 4.69) is 10.1 Å². The predicted molar refractivity (Wildman–Crippen MR) is 92.3 cm³/mol. The van der Waals surface area contributed by atoms with Gasteiger partial charge in [-0.15, -0.1) is 0 Å². The van der Waals surface area contributed by atoms with E-state index in [0.717, 1.165) is 19.1 Å². The molecule has 3 aromatic rings. The van der Waals surface area contributed by atoms with Gasteiger partial charge in [-0.3, -0.25) is 4.79 Å². The van der Waals surface area contributed by atoms with Gasteiger partial charge in [-0.1, -0.05) is 0 Å². The number of hydrogen-bond donors (Lipinski definition) is 1. The Morgan fingerprint density at radius 1 is 0.941 bits per heavy atom. The number of carbonyl (C=O) groups excluding carboxylic acids is 1. The summed E-state index contributed by atoms with van der Waals surface area (Å²) in [5.41, 5.74) is -7.46. The number of pyridine rings is 1. The number of aryl methyl sites for hydroxylation is 2. The van der Waals surface area contributed by atoms with Gasteiger partial charge in [0.15, 0.2) is 17.3 Å². The molecule has 0 amide bonds. The summed E-state index contributed by atoms with van der Waals surface area (Å²) in [4.78, 5) is 15.0. The maximum atomic E-state index is 14.4. The summed E-state index contributed by atoms with van der Waals surface area (Å²) in [6, 6.07) is 2.19. The smallest absolute Gasteiger partial charge is 0.436 e. The third-order valence-electron chi connectivity index (χ3n) is 4.43. The van der Waals surface area contributed by atoms with Crippen LogP contribution < -0.4 is 0 Å². The number of benzene rings is 1. The molecule has 0 atom stereocenters. The fraction of sp³-hybridized carbons (Fsp3) is 0.211. The number of rotatable bonds is 3. The van der Waals surface area contributed by atoms with Gasteiger partial charge in [0.25, 0.3) is 5.95 Å². The fourth-order valence-electron chi connectivity index (χ4n) is 3.04. The quantitative estimate of drug-likeness (QED) is 0.214. The summed E-state index contributed by atoms with van der Waals surface area (Å²) < 4.78 is 120. The van der Waals surface area contributed by atoms with Crippen molar-refractivity contribution in [3.05, 3.63) is 69.4 Å². The van der Waals surface area contributed by atoms with E-state index >= 15 is 0 Å². The zero-order valence-electron chi connectivity index (χ0n) is 16.7. The summed E-state index contributed by atoms with van der Waals surface area (Å²) >= 11 is 0. The Morgan fingerprint density at radius 3 is 2.06 bits per heavy atom. The first kappa shape index (κ1) is 27.2. The Kier molecular flexibility index (Phi) is 7.15. The van der Waals surface area contributed by atoms with Crippen molar-refractivity contribution in [1.82, 2.24) is 14.8 Å². The molecule has 5 nitrogen and oxygen atoms in total. The number of nitrogens with zero attached hydrogens (tertiary/aromatic N) is 3. The molecular weight excluding hydrogens is 528 g/mol. The van der Waals surface area contributed by atoms with Crippen molar-refractivity contribution in [1.29, 1.82) is 0 Å². The predicted octanol–water partition coefficient (Wildman–Crippen LogP) is 5.27. The number of carbonyl (C=O) groups is 1. The molecule has 0 saturated heterocycles. The van der Waals surface area contributed by atoms with Gasteiger partial charge in [-0.2, -0.15) is 44.9 Å². The van der Waals surface area contributed by atoms with Crippen molar-refractivity contribution in [3.63, 3.8) is 0 Å². The van der Waals surface area contributed by atoms with Gasteiger partial charge in [0.05, 0.1) is 11.3 Å². The minimum absolute atomic E-state index is 0. The molecule has 1 radical (unpaired) electrons. The van der Waals surface area contributed by atoms with Crippen LogP contribution in [0.15, 0.2) is 18.2 Å². The largest absolute Gasteiger partial charge is 0.493 e. The fourth-order valence-corrected chi connectivity index (χ4v) is 3.04. The minimum Gasteiger partial charge on any atom is -0.493 e. The van der Waals surface area contributed by atoms with Gasteiger partial charge in [-0.25, -0.2) is 9.37 Å². The minimum atomic E-state index is -5.56. The van der Waals surface area contributed by atoms with Gasteiger partial charge < -0.3 is 5.11 Å². The Labute approximate surface area is 194 Å². The molecule has 1 aromatic carbocycles. The van der Waals surface area contributed by atoms with Crippen LogP contribution >= 0.6 is 0 Å². The summed E-state index contributed by atoms with van der Waals surface area (Å²) in [5, 5.41) is 13.7. The molecule has 0 saturated carbocycles. The Morgan fingerprint density at radius 2 is 1.53 bits per heavy atom. The second kappa shape index (κ2) is 8.95. The van der Waals surface area contributed by atoms with E-state index in [0.29, 0.717) is 6.07 Å². The molecule has 15 heteroatoms. The number of aromatic nitrogens is 3. The number of aromatic hydroxyl groups is 1. The van der Waals surface area contributed by atoms with Gasteiger partial charge >= 0.3 is 12.4 Å². The van der Waals surface area contributed by atoms with Crippen LogP contribution in [0.3, 0.4) is 0 Å². The zero-order valence-corrected chi connectivity index (χ0v) is 17.9. The summed E-state index contributed by atoms with van der Waals surface area (Å²) in [6.07, 6.45) is -10.4. The summed E-state index contributed by atoms with van der Waals surface area (Å²) in [6.45, 7) is 2.23. The topological polar surface area (TPSA) is 68.0 Å². The first-order valence-corrected chi connectivity index (χ1v) is 8.68. The number of ketones is 1. The molecule has 0 spiro atoms. The van der Waals surface area contributed by atoms with Gasteiger partial charge in [-0.05, 0) is 37.6 Å². The first-order valence-electron chi connectivity index (χ1n) is 8.68. The van der Waals surface area contributed by atoms with Crippen LogP contribution in [0, 0.1) is 31.4 Å².